The van der Waals surface area contributed by atoms with E-state index in [2.05, 4.69) is 27.2 Å². The summed E-state index contributed by atoms with van der Waals surface area (Å²) < 4.78 is 11.1. The number of ether oxygens (including phenoxy) is 2. The van der Waals surface area contributed by atoms with Gasteiger partial charge in [0.2, 0.25) is 5.91 Å². The lowest BCUT2D eigenvalue weighted by atomic mass is 9.75. The van der Waals surface area contributed by atoms with Crippen LogP contribution in [0.2, 0.25) is 5.02 Å². The lowest BCUT2D eigenvalue weighted by molar-refractivity contribution is -0.124. The molecule has 1 N–H and O–H groups in total. The molecule has 0 aliphatic carbocycles. The van der Waals surface area contributed by atoms with Crippen LogP contribution in [0.1, 0.15) is 39.0 Å². The number of halogens is 1. The van der Waals surface area contributed by atoms with E-state index in [1.54, 1.807) is 26.4 Å². The highest BCUT2D eigenvalue weighted by molar-refractivity contribution is 6.30. The van der Waals surface area contributed by atoms with Gasteiger partial charge in [0.1, 0.15) is 0 Å². The number of carbonyl (C=O) groups is 2. The largest absolute Gasteiger partial charge is 0.493 e. The van der Waals surface area contributed by atoms with Crippen molar-refractivity contribution in [2.24, 2.45) is 0 Å². The Morgan fingerprint density at radius 1 is 0.927 bits per heavy atom. The molecule has 3 aromatic rings. The highest BCUT2D eigenvalue weighted by Gasteiger charge is 2.46. The molecule has 3 aromatic carbocycles. The Labute approximate surface area is 245 Å². The average molecular weight is 575 g/mol. The number of nitrogens with zero attached hydrogens (tertiary/aromatic N) is 3. The Kier molecular flexibility index (Phi) is 7.77. The molecule has 0 radical (unpaired) electrons. The fourth-order valence-corrected chi connectivity index (χ4v) is 6.67. The zero-order valence-electron chi connectivity index (χ0n) is 23.4. The molecule has 214 valence electrons. The third-order valence-corrected chi connectivity index (χ3v) is 8.82. The maximum Gasteiger partial charge on any atom is 0.254 e. The normalized spacial score (nSPS) is 20.1. The summed E-state index contributed by atoms with van der Waals surface area (Å²) in [5.41, 5.74) is 4.53. The summed E-state index contributed by atoms with van der Waals surface area (Å²) in [5, 5.41) is 3.96. The van der Waals surface area contributed by atoms with Gasteiger partial charge < -0.3 is 24.6 Å². The maximum absolute atomic E-state index is 14.0. The number of carbonyl (C=O) groups excluding carboxylic acids is 2. The van der Waals surface area contributed by atoms with E-state index in [4.69, 9.17) is 21.1 Å². The highest BCUT2D eigenvalue weighted by Crippen LogP contribution is 2.48. The minimum Gasteiger partial charge on any atom is -0.493 e. The molecule has 1 fully saturated rings. The third kappa shape index (κ3) is 5.22. The first-order valence-electron chi connectivity index (χ1n) is 14.1. The molecule has 9 heteroatoms. The Balaban J connectivity index is 1.20. The number of methoxy groups -OCH3 is 2. The molecule has 2 amide bonds. The molecule has 0 aromatic heterocycles. The molecule has 8 nitrogen and oxygen atoms in total. The minimum absolute atomic E-state index is 0.0814. The number of hydrogen-bond donors (Lipinski definition) is 1. The second kappa shape index (κ2) is 11.6. The average Bonchev–Trinajstić information content (AvgIpc) is 3.00. The number of piperazine rings is 1. The molecule has 3 heterocycles. The van der Waals surface area contributed by atoms with E-state index >= 15 is 0 Å². The number of amides is 2. The van der Waals surface area contributed by atoms with Crippen LogP contribution in [0.4, 0.5) is 5.69 Å². The SMILES string of the molecule is COc1cc2c(cc1OC)[C@H](C(=O)NCCN1CCN(c3cccc(Cl)c3)CC1)[C@H]1c3ccccc3CCN1C2=O. The van der Waals surface area contributed by atoms with Crippen molar-refractivity contribution in [3.05, 3.63) is 87.9 Å². The van der Waals surface area contributed by atoms with Crippen LogP contribution >= 0.6 is 11.6 Å². The summed E-state index contributed by atoms with van der Waals surface area (Å²) in [4.78, 5) is 34.4. The first kappa shape index (κ1) is 27.4. The van der Waals surface area contributed by atoms with Gasteiger partial charge in [0.05, 0.1) is 26.2 Å². The molecule has 0 bridgehead atoms. The van der Waals surface area contributed by atoms with E-state index in [0.717, 1.165) is 55.4 Å². The third-order valence-electron chi connectivity index (χ3n) is 8.58. The van der Waals surface area contributed by atoms with E-state index in [0.29, 0.717) is 35.7 Å². The standard InChI is InChI=1S/C32H35ClN4O4/c1-40-27-19-25-26(20-28(27)41-2)32(39)37-12-10-21-6-3-4-9-24(21)30(37)29(25)31(38)34-11-13-35-14-16-36(17-15-35)23-8-5-7-22(33)18-23/h3-9,18-20,29-30H,10-17H2,1-2H3,(H,34,38)/t29-,30+/m0/s1. The molecular formula is C32H35ClN4O4. The summed E-state index contributed by atoms with van der Waals surface area (Å²) in [7, 11) is 3.12. The predicted molar refractivity (Wildman–Crippen MR) is 159 cm³/mol. The summed E-state index contributed by atoms with van der Waals surface area (Å²) in [6.07, 6.45) is 0.760. The van der Waals surface area contributed by atoms with Crippen molar-refractivity contribution in [1.29, 1.82) is 0 Å². The number of benzene rings is 3. The van der Waals surface area contributed by atoms with Crippen molar-refractivity contribution in [3.8, 4) is 11.5 Å². The van der Waals surface area contributed by atoms with Crippen molar-refractivity contribution in [2.75, 3.05) is 64.9 Å². The molecule has 0 saturated carbocycles. The lowest BCUT2D eigenvalue weighted by Gasteiger charge is -2.45. The van der Waals surface area contributed by atoms with Gasteiger partial charge in [-0.05, 0) is 53.4 Å². The molecule has 3 aliphatic heterocycles. The van der Waals surface area contributed by atoms with Gasteiger partial charge in [-0.1, -0.05) is 41.9 Å². The zero-order valence-corrected chi connectivity index (χ0v) is 24.2. The van der Waals surface area contributed by atoms with Gasteiger partial charge in [-0.3, -0.25) is 14.5 Å². The second-order valence-electron chi connectivity index (χ2n) is 10.8. The van der Waals surface area contributed by atoms with Crippen molar-refractivity contribution in [1.82, 2.24) is 15.1 Å². The lowest BCUT2D eigenvalue weighted by Crippen LogP contribution is -2.51. The van der Waals surface area contributed by atoms with Crippen LogP contribution in [0.15, 0.2) is 60.7 Å². The summed E-state index contributed by atoms with van der Waals surface area (Å²) in [5.74, 6) is 0.249. The smallest absolute Gasteiger partial charge is 0.254 e. The number of nitrogens with one attached hydrogen (secondary N) is 1. The van der Waals surface area contributed by atoms with Crippen LogP contribution in [-0.4, -0.2) is 81.6 Å². The molecule has 1 saturated heterocycles. The van der Waals surface area contributed by atoms with Crippen LogP contribution in [0, 0.1) is 0 Å². The predicted octanol–water partition coefficient (Wildman–Crippen LogP) is 4.13. The van der Waals surface area contributed by atoms with Gasteiger partial charge >= 0.3 is 0 Å². The molecular weight excluding hydrogens is 540 g/mol. The number of rotatable bonds is 7. The first-order chi connectivity index (χ1) is 20.0. The quantitative estimate of drug-likeness (QED) is 0.457. The highest BCUT2D eigenvalue weighted by atomic mass is 35.5. The zero-order chi connectivity index (χ0) is 28.5. The Bertz CT molecular complexity index is 1460. The van der Waals surface area contributed by atoms with Crippen molar-refractivity contribution in [3.63, 3.8) is 0 Å². The van der Waals surface area contributed by atoms with Crippen LogP contribution in [0.5, 0.6) is 11.5 Å². The summed E-state index contributed by atoms with van der Waals surface area (Å²) in [6, 6.07) is 19.2. The fourth-order valence-electron chi connectivity index (χ4n) is 6.48. The fraction of sp³-hybridized carbons (Fsp3) is 0.375. The number of anilines is 1. The monoisotopic (exact) mass is 574 g/mol. The second-order valence-corrected chi connectivity index (χ2v) is 11.2. The molecule has 2 atom stereocenters. The van der Waals surface area contributed by atoms with Gasteiger partial charge in [0.15, 0.2) is 11.5 Å². The van der Waals surface area contributed by atoms with Crippen LogP contribution in [0.3, 0.4) is 0 Å². The van der Waals surface area contributed by atoms with Gasteiger partial charge in [-0.2, -0.15) is 0 Å². The summed E-state index contributed by atoms with van der Waals surface area (Å²) in [6.45, 7) is 5.47. The Morgan fingerprint density at radius 2 is 1.68 bits per heavy atom. The van der Waals surface area contributed by atoms with Crippen molar-refractivity contribution in [2.45, 2.75) is 18.4 Å². The van der Waals surface area contributed by atoms with E-state index in [1.165, 1.54) is 5.56 Å². The minimum atomic E-state index is -0.566. The molecule has 41 heavy (non-hydrogen) atoms. The summed E-state index contributed by atoms with van der Waals surface area (Å²) >= 11 is 6.19. The number of fused-ring (bicyclic) bond motifs is 4. The topological polar surface area (TPSA) is 74.4 Å². The van der Waals surface area contributed by atoms with Gasteiger partial charge in [-0.15, -0.1) is 0 Å². The van der Waals surface area contributed by atoms with E-state index in [-0.39, 0.29) is 17.9 Å². The molecule has 3 aliphatic rings. The Morgan fingerprint density at radius 3 is 2.44 bits per heavy atom. The Hall–Kier alpha value is -3.75. The van der Waals surface area contributed by atoms with Gasteiger partial charge in [0.25, 0.3) is 5.91 Å². The van der Waals surface area contributed by atoms with E-state index in [1.807, 2.05) is 41.3 Å². The first-order valence-corrected chi connectivity index (χ1v) is 14.5. The van der Waals surface area contributed by atoms with Gasteiger partial charge in [0, 0.05) is 62.1 Å². The molecule has 0 spiro atoms. The van der Waals surface area contributed by atoms with Gasteiger partial charge in [-0.25, -0.2) is 0 Å². The number of hydrogen-bond acceptors (Lipinski definition) is 6. The van der Waals surface area contributed by atoms with Crippen molar-refractivity contribution >= 4 is 29.1 Å². The molecule has 0 unspecified atom stereocenters. The van der Waals surface area contributed by atoms with E-state index in [9.17, 15) is 9.59 Å². The van der Waals surface area contributed by atoms with E-state index < -0.39 is 5.92 Å². The van der Waals surface area contributed by atoms with Crippen LogP contribution in [0.25, 0.3) is 0 Å². The maximum atomic E-state index is 14.0. The van der Waals surface area contributed by atoms with Crippen molar-refractivity contribution < 1.29 is 19.1 Å². The van der Waals surface area contributed by atoms with Crippen LogP contribution in [-0.2, 0) is 11.2 Å². The molecule has 6 rings (SSSR count). The van der Waals surface area contributed by atoms with Crippen LogP contribution < -0.4 is 19.7 Å².